The summed E-state index contributed by atoms with van der Waals surface area (Å²) < 4.78 is 53.5. The summed E-state index contributed by atoms with van der Waals surface area (Å²) in [6.07, 6.45) is -4.72. The van der Waals surface area contributed by atoms with Crippen molar-refractivity contribution in [3.05, 3.63) is 65.5 Å². The zero-order valence-electron chi connectivity index (χ0n) is 11.0. The molecule has 0 radical (unpaired) electrons. The van der Waals surface area contributed by atoms with Crippen molar-refractivity contribution in [3.63, 3.8) is 0 Å². The average molecular weight is 299 g/mol. The second-order valence-corrected chi connectivity index (χ2v) is 4.39. The minimum absolute atomic E-state index is 0.212. The third-order valence-corrected chi connectivity index (χ3v) is 2.76. The Morgan fingerprint density at radius 3 is 2.24 bits per heavy atom. The monoisotopic (exact) mass is 299 g/mol. The Labute approximate surface area is 119 Å². The zero-order valence-corrected chi connectivity index (χ0v) is 11.0. The highest BCUT2D eigenvalue weighted by atomic mass is 19.4. The van der Waals surface area contributed by atoms with Crippen LogP contribution < -0.4 is 10.1 Å². The van der Waals surface area contributed by atoms with Crippen LogP contribution in [0.25, 0.3) is 0 Å². The second kappa shape index (κ2) is 6.58. The highest BCUT2D eigenvalue weighted by Gasteiger charge is 2.31. The molecule has 2 nitrogen and oxygen atoms in total. The van der Waals surface area contributed by atoms with Gasteiger partial charge in [0.05, 0.1) is 0 Å². The minimum atomic E-state index is -4.72. The van der Waals surface area contributed by atoms with Crippen molar-refractivity contribution in [1.82, 2.24) is 5.32 Å². The number of hydrogen-bond donors (Lipinski definition) is 1. The third-order valence-electron chi connectivity index (χ3n) is 2.76. The molecule has 0 fully saturated rings. The van der Waals surface area contributed by atoms with Gasteiger partial charge in [0.15, 0.2) is 0 Å². The molecule has 2 rings (SSSR count). The summed E-state index contributed by atoms with van der Waals surface area (Å²) in [5, 5.41) is 2.99. The van der Waals surface area contributed by atoms with Crippen molar-refractivity contribution in [3.8, 4) is 5.75 Å². The van der Waals surface area contributed by atoms with E-state index in [4.69, 9.17) is 0 Å². The van der Waals surface area contributed by atoms with Gasteiger partial charge >= 0.3 is 6.36 Å². The highest BCUT2D eigenvalue weighted by Crippen LogP contribution is 2.26. The van der Waals surface area contributed by atoms with Gasteiger partial charge in [0.2, 0.25) is 0 Å². The van der Waals surface area contributed by atoms with Gasteiger partial charge in [-0.2, -0.15) is 0 Å². The van der Waals surface area contributed by atoms with E-state index in [1.54, 1.807) is 24.3 Å². The first-order chi connectivity index (χ1) is 9.94. The summed E-state index contributed by atoms with van der Waals surface area (Å²) in [5.74, 6) is -0.556. The first-order valence-electron chi connectivity index (χ1n) is 6.23. The van der Waals surface area contributed by atoms with Crippen LogP contribution in [0.2, 0.25) is 0 Å². The van der Waals surface area contributed by atoms with E-state index >= 15 is 0 Å². The van der Waals surface area contributed by atoms with E-state index in [0.717, 1.165) is 5.56 Å². The van der Waals surface area contributed by atoms with Gasteiger partial charge in [0.25, 0.3) is 0 Å². The normalized spacial score (nSPS) is 11.4. The number of rotatable bonds is 5. The first kappa shape index (κ1) is 15.3. The van der Waals surface area contributed by atoms with Crippen LogP contribution in [0.3, 0.4) is 0 Å². The predicted molar refractivity (Wildman–Crippen MR) is 70.1 cm³/mol. The van der Waals surface area contributed by atoms with Gasteiger partial charge < -0.3 is 10.1 Å². The fraction of sp³-hybridized carbons (Fsp3) is 0.200. The molecule has 0 unspecified atom stereocenters. The molecule has 0 aromatic heterocycles. The Balaban J connectivity index is 1.95. The van der Waals surface area contributed by atoms with Crippen LogP contribution in [-0.4, -0.2) is 6.36 Å². The minimum Gasteiger partial charge on any atom is -0.405 e. The zero-order chi connectivity index (χ0) is 15.3. The molecule has 112 valence electrons. The lowest BCUT2D eigenvalue weighted by Gasteiger charge is -2.13. The standard InChI is InChI=1S/C15H13F4NO/c16-13-7-5-11(6-8-13)9-20-10-12-3-1-2-4-14(12)21-15(17,18)19/h1-8,20H,9-10H2. The van der Waals surface area contributed by atoms with Gasteiger partial charge in [-0.25, -0.2) is 4.39 Å². The maximum atomic E-state index is 12.7. The number of para-hydroxylation sites is 1. The number of benzene rings is 2. The molecule has 1 N–H and O–H groups in total. The lowest BCUT2D eigenvalue weighted by Crippen LogP contribution is -2.20. The summed E-state index contributed by atoms with van der Waals surface area (Å²) in [5.41, 5.74) is 1.24. The molecular formula is C15H13F4NO. The summed E-state index contributed by atoms with van der Waals surface area (Å²) >= 11 is 0. The molecular weight excluding hydrogens is 286 g/mol. The summed E-state index contributed by atoms with van der Waals surface area (Å²) in [7, 11) is 0. The molecule has 0 spiro atoms. The first-order valence-corrected chi connectivity index (χ1v) is 6.23. The lowest BCUT2D eigenvalue weighted by molar-refractivity contribution is -0.274. The topological polar surface area (TPSA) is 21.3 Å². The molecule has 2 aromatic carbocycles. The molecule has 0 saturated heterocycles. The van der Waals surface area contributed by atoms with Crippen molar-refractivity contribution < 1.29 is 22.3 Å². The Kier molecular flexibility index (Phi) is 4.80. The van der Waals surface area contributed by atoms with Crippen molar-refractivity contribution in [2.75, 3.05) is 0 Å². The molecule has 0 aliphatic rings. The van der Waals surface area contributed by atoms with Gasteiger partial charge in [0.1, 0.15) is 11.6 Å². The highest BCUT2D eigenvalue weighted by molar-refractivity contribution is 5.33. The van der Waals surface area contributed by atoms with E-state index in [1.165, 1.54) is 24.3 Å². The second-order valence-electron chi connectivity index (χ2n) is 4.39. The van der Waals surface area contributed by atoms with Crippen LogP contribution in [0.1, 0.15) is 11.1 Å². The Hall–Kier alpha value is -2.08. The van der Waals surface area contributed by atoms with Gasteiger partial charge in [-0.15, -0.1) is 13.2 Å². The van der Waals surface area contributed by atoms with Crippen LogP contribution in [0.4, 0.5) is 17.6 Å². The van der Waals surface area contributed by atoms with E-state index in [9.17, 15) is 17.6 Å². The number of hydrogen-bond acceptors (Lipinski definition) is 2. The molecule has 6 heteroatoms. The maximum absolute atomic E-state index is 12.7. The van der Waals surface area contributed by atoms with Crippen molar-refractivity contribution in [2.45, 2.75) is 19.5 Å². The molecule has 0 saturated carbocycles. The average Bonchev–Trinajstić information content (AvgIpc) is 2.41. The largest absolute Gasteiger partial charge is 0.573 e. The molecule has 2 aromatic rings. The SMILES string of the molecule is Fc1ccc(CNCc2ccccc2OC(F)(F)F)cc1. The molecule has 21 heavy (non-hydrogen) atoms. The quantitative estimate of drug-likeness (QED) is 0.842. The third kappa shape index (κ3) is 5.07. The van der Waals surface area contributed by atoms with Crippen LogP contribution in [-0.2, 0) is 13.1 Å². The van der Waals surface area contributed by atoms with E-state index in [0.29, 0.717) is 12.1 Å². The Morgan fingerprint density at radius 1 is 0.905 bits per heavy atom. The van der Waals surface area contributed by atoms with E-state index < -0.39 is 6.36 Å². The Morgan fingerprint density at radius 2 is 1.57 bits per heavy atom. The number of ether oxygens (including phenoxy) is 1. The van der Waals surface area contributed by atoms with Crippen LogP contribution in [0.5, 0.6) is 5.75 Å². The number of halogens is 4. The summed E-state index contributed by atoms with van der Waals surface area (Å²) in [6, 6.07) is 11.8. The molecule has 0 atom stereocenters. The van der Waals surface area contributed by atoms with Crippen molar-refractivity contribution in [2.24, 2.45) is 0 Å². The van der Waals surface area contributed by atoms with Gasteiger partial charge in [-0.1, -0.05) is 30.3 Å². The van der Waals surface area contributed by atoms with Gasteiger partial charge in [-0.3, -0.25) is 0 Å². The molecule has 0 aliphatic heterocycles. The van der Waals surface area contributed by atoms with Gasteiger partial charge in [-0.05, 0) is 23.8 Å². The van der Waals surface area contributed by atoms with E-state index in [-0.39, 0.29) is 18.1 Å². The van der Waals surface area contributed by atoms with Crippen molar-refractivity contribution in [1.29, 1.82) is 0 Å². The van der Waals surface area contributed by atoms with Crippen molar-refractivity contribution >= 4 is 0 Å². The molecule has 0 aliphatic carbocycles. The number of nitrogens with one attached hydrogen (secondary N) is 1. The van der Waals surface area contributed by atoms with E-state index in [1.807, 2.05) is 0 Å². The molecule has 0 heterocycles. The summed E-state index contributed by atoms with van der Waals surface area (Å²) in [4.78, 5) is 0. The smallest absolute Gasteiger partial charge is 0.405 e. The fourth-order valence-corrected chi connectivity index (χ4v) is 1.82. The fourth-order valence-electron chi connectivity index (χ4n) is 1.82. The van der Waals surface area contributed by atoms with Crippen LogP contribution in [0, 0.1) is 5.82 Å². The molecule has 0 bridgehead atoms. The van der Waals surface area contributed by atoms with Crippen LogP contribution >= 0.6 is 0 Å². The Bertz CT molecular complexity index is 581. The lowest BCUT2D eigenvalue weighted by atomic mass is 10.2. The number of alkyl halides is 3. The predicted octanol–water partition coefficient (Wildman–Crippen LogP) is 4.01. The van der Waals surface area contributed by atoms with Gasteiger partial charge in [0, 0.05) is 18.7 Å². The van der Waals surface area contributed by atoms with Crippen LogP contribution in [0.15, 0.2) is 48.5 Å². The maximum Gasteiger partial charge on any atom is 0.573 e. The van der Waals surface area contributed by atoms with E-state index in [2.05, 4.69) is 10.1 Å². The summed E-state index contributed by atoms with van der Waals surface area (Å²) in [6.45, 7) is 0.629. The molecule has 0 amide bonds.